The smallest absolute Gasteiger partial charge is 0.143 e. The third-order valence-corrected chi connectivity index (χ3v) is 5.42. The van der Waals surface area contributed by atoms with E-state index in [9.17, 15) is 0 Å². The molecule has 0 unspecified atom stereocenters. The van der Waals surface area contributed by atoms with Crippen LogP contribution in [-0.4, -0.2) is 22.1 Å². The molecule has 4 rings (SSSR count). The van der Waals surface area contributed by atoms with Crippen molar-refractivity contribution in [2.45, 2.75) is 52.4 Å². The molecule has 0 aliphatic heterocycles. The number of aromatic amines is 1. The SMILES string of the molecule is CCc1cc(Nc2ncnc3[nH]c4c(c23)CCCC4)c(OC)cc1CC. The summed E-state index contributed by atoms with van der Waals surface area (Å²) >= 11 is 0. The van der Waals surface area contributed by atoms with Crippen LogP contribution >= 0.6 is 0 Å². The van der Waals surface area contributed by atoms with Crippen LogP contribution in [0.5, 0.6) is 5.75 Å². The Bertz CT molecular complexity index is 945. The summed E-state index contributed by atoms with van der Waals surface area (Å²) in [5.41, 5.74) is 7.26. The molecular weight excluding hydrogens is 324 g/mol. The predicted molar refractivity (Wildman–Crippen MR) is 106 cm³/mol. The van der Waals surface area contributed by atoms with Crippen LogP contribution in [0.25, 0.3) is 11.0 Å². The van der Waals surface area contributed by atoms with E-state index in [0.717, 1.165) is 54.0 Å². The largest absolute Gasteiger partial charge is 0.495 e. The first-order valence-corrected chi connectivity index (χ1v) is 9.56. The molecule has 2 aromatic heterocycles. The van der Waals surface area contributed by atoms with Crippen molar-refractivity contribution in [3.63, 3.8) is 0 Å². The van der Waals surface area contributed by atoms with Gasteiger partial charge in [-0.25, -0.2) is 9.97 Å². The Balaban J connectivity index is 1.81. The highest BCUT2D eigenvalue weighted by molar-refractivity contribution is 5.93. The maximum atomic E-state index is 5.65. The summed E-state index contributed by atoms with van der Waals surface area (Å²) in [6, 6.07) is 4.34. The molecule has 26 heavy (non-hydrogen) atoms. The molecule has 5 heteroatoms. The highest BCUT2D eigenvalue weighted by Gasteiger charge is 2.20. The van der Waals surface area contributed by atoms with Gasteiger partial charge in [0.15, 0.2) is 0 Å². The summed E-state index contributed by atoms with van der Waals surface area (Å²) in [6.45, 7) is 4.37. The lowest BCUT2D eigenvalue weighted by atomic mass is 9.96. The Morgan fingerprint density at radius 2 is 1.85 bits per heavy atom. The molecular formula is C21H26N4O. The Labute approximate surface area is 154 Å². The standard InChI is InChI=1S/C21H26N4O/c1-4-13-10-17(18(26-3)11-14(13)5-2)25-21-19-15-8-6-7-9-16(15)24-20(19)22-12-23-21/h10-12H,4-9H2,1-3H3,(H2,22,23,24,25). The first kappa shape index (κ1) is 16.9. The summed E-state index contributed by atoms with van der Waals surface area (Å²) in [6.07, 6.45) is 8.28. The van der Waals surface area contributed by atoms with Crippen molar-refractivity contribution in [2.24, 2.45) is 0 Å². The second-order valence-corrected chi connectivity index (χ2v) is 6.89. The van der Waals surface area contributed by atoms with Crippen molar-refractivity contribution in [1.82, 2.24) is 15.0 Å². The summed E-state index contributed by atoms with van der Waals surface area (Å²) in [7, 11) is 1.72. The minimum absolute atomic E-state index is 0.857. The van der Waals surface area contributed by atoms with E-state index in [2.05, 4.69) is 46.2 Å². The van der Waals surface area contributed by atoms with Gasteiger partial charge in [-0.05, 0) is 67.3 Å². The number of methoxy groups -OCH3 is 1. The van der Waals surface area contributed by atoms with Crippen molar-refractivity contribution in [3.8, 4) is 5.75 Å². The molecule has 136 valence electrons. The van der Waals surface area contributed by atoms with Gasteiger partial charge >= 0.3 is 0 Å². The second-order valence-electron chi connectivity index (χ2n) is 6.89. The van der Waals surface area contributed by atoms with Gasteiger partial charge in [0.05, 0.1) is 18.2 Å². The second kappa shape index (κ2) is 6.98. The molecule has 5 nitrogen and oxygen atoms in total. The molecule has 0 atom stereocenters. The Kier molecular flexibility index (Phi) is 4.53. The molecule has 1 aromatic carbocycles. The van der Waals surface area contributed by atoms with Crippen molar-refractivity contribution in [2.75, 3.05) is 12.4 Å². The zero-order chi connectivity index (χ0) is 18.1. The van der Waals surface area contributed by atoms with E-state index >= 15 is 0 Å². The van der Waals surface area contributed by atoms with Crippen LogP contribution in [0.1, 0.15) is 49.1 Å². The predicted octanol–water partition coefficient (Wildman–Crippen LogP) is 4.71. The molecule has 2 N–H and O–H groups in total. The maximum absolute atomic E-state index is 5.65. The van der Waals surface area contributed by atoms with E-state index in [-0.39, 0.29) is 0 Å². The number of nitrogens with zero attached hydrogens (tertiary/aromatic N) is 2. The lowest BCUT2D eigenvalue weighted by Gasteiger charge is -2.16. The molecule has 1 aliphatic rings. The summed E-state index contributed by atoms with van der Waals surface area (Å²) in [4.78, 5) is 12.5. The Hall–Kier alpha value is -2.56. The number of ether oxygens (including phenoxy) is 1. The number of hydrogen-bond acceptors (Lipinski definition) is 4. The van der Waals surface area contributed by atoms with E-state index < -0.39 is 0 Å². The highest BCUT2D eigenvalue weighted by Crippen LogP contribution is 2.36. The van der Waals surface area contributed by atoms with Crippen LogP contribution in [0.4, 0.5) is 11.5 Å². The van der Waals surface area contributed by atoms with Crippen molar-refractivity contribution >= 4 is 22.5 Å². The van der Waals surface area contributed by atoms with E-state index in [0.29, 0.717) is 0 Å². The first-order valence-electron chi connectivity index (χ1n) is 9.56. The van der Waals surface area contributed by atoms with Crippen LogP contribution in [0.2, 0.25) is 0 Å². The van der Waals surface area contributed by atoms with Gasteiger partial charge in [-0.15, -0.1) is 0 Å². The number of benzene rings is 1. The number of aryl methyl sites for hydroxylation is 4. The quantitative estimate of drug-likeness (QED) is 0.699. The first-order chi connectivity index (χ1) is 12.7. The number of rotatable bonds is 5. The zero-order valence-electron chi connectivity index (χ0n) is 15.8. The molecule has 0 saturated heterocycles. The lowest BCUT2D eigenvalue weighted by Crippen LogP contribution is -2.03. The summed E-state index contributed by atoms with van der Waals surface area (Å²) in [5, 5.41) is 4.66. The molecule has 1 aliphatic carbocycles. The minimum Gasteiger partial charge on any atom is -0.495 e. The van der Waals surface area contributed by atoms with Gasteiger partial charge in [0, 0.05) is 5.69 Å². The van der Waals surface area contributed by atoms with Gasteiger partial charge < -0.3 is 15.0 Å². The minimum atomic E-state index is 0.857. The van der Waals surface area contributed by atoms with E-state index in [4.69, 9.17) is 4.74 Å². The third kappa shape index (κ3) is 2.81. The number of fused-ring (bicyclic) bond motifs is 3. The van der Waals surface area contributed by atoms with Crippen molar-refractivity contribution < 1.29 is 4.74 Å². The van der Waals surface area contributed by atoms with E-state index in [1.165, 1.54) is 35.2 Å². The summed E-state index contributed by atoms with van der Waals surface area (Å²) in [5.74, 6) is 1.72. The topological polar surface area (TPSA) is 62.8 Å². The van der Waals surface area contributed by atoms with Gasteiger partial charge in [0.25, 0.3) is 0 Å². The molecule has 0 fully saturated rings. The van der Waals surface area contributed by atoms with Crippen LogP contribution < -0.4 is 10.1 Å². The average molecular weight is 350 g/mol. The Morgan fingerprint density at radius 3 is 2.62 bits per heavy atom. The maximum Gasteiger partial charge on any atom is 0.143 e. The monoisotopic (exact) mass is 350 g/mol. The van der Waals surface area contributed by atoms with Crippen LogP contribution in [0.15, 0.2) is 18.5 Å². The number of hydrogen-bond donors (Lipinski definition) is 2. The van der Waals surface area contributed by atoms with Crippen LogP contribution in [0.3, 0.4) is 0 Å². The van der Waals surface area contributed by atoms with Crippen LogP contribution in [0, 0.1) is 0 Å². The fourth-order valence-electron chi connectivity index (χ4n) is 4.04. The molecule has 0 bridgehead atoms. The molecule has 3 aromatic rings. The van der Waals surface area contributed by atoms with E-state index in [1.54, 1.807) is 13.4 Å². The van der Waals surface area contributed by atoms with Gasteiger partial charge in [-0.1, -0.05) is 13.8 Å². The van der Waals surface area contributed by atoms with Gasteiger partial charge in [0.1, 0.15) is 23.5 Å². The average Bonchev–Trinajstić information content (AvgIpc) is 3.07. The van der Waals surface area contributed by atoms with Gasteiger partial charge in [0.2, 0.25) is 0 Å². The lowest BCUT2D eigenvalue weighted by molar-refractivity contribution is 0.416. The molecule has 0 spiro atoms. The molecule has 0 radical (unpaired) electrons. The Morgan fingerprint density at radius 1 is 1.08 bits per heavy atom. The summed E-state index contributed by atoms with van der Waals surface area (Å²) < 4.78 is 5.65. The van der Waals surface area contributed by atoms with Crippen molar-refractivity contribution in [3.05, 3.63) is 40.8 Å². The normalized spacial score (nSPS) is 13.7. The number of anilines is 2. The number of H-pyrrole nitrogens is 1. The fourth-order valence-corrected chi connectivity index (χ4v) is 4.04. The fraction of sp³-hybridized carbons (Fsp3) is 0.429. The molecule has 0 saturated carbocycles. The number of nitrogens with one attached hydrogen (secondary N) is 2. The third-order valence-electron chi connectivity index (χ3n) is 5.42. The van der Waals surface area contributed by atoms with E-state index in [1.807, 2.05) is 0 Å². The van der Waals surface area contributed by atoms with Gasteiger partial charge in [-0.3, -0.25) is 0 Å². The molecule has 2 heterocycles. The van der Waals surface area contributed by atoms with Crippen LogP contribution in [-0.2, 0) is 25.7 Å². The highest BCUT2D eigenvalue weighted by atomic mass is 16.5. The van der Waals surface area contributed by atoms with Gasteiger partial charge in [-0.2, -0.15) is 0 Å². The zero-order valence-corrected chi connectivity index (χ0v) is 15.8. The van der Waals surface area contributed by atoms with Crippen molar-refractivity contribution in [1.29, 1.82) is 0 Å². The molecule has 0 amide bonds. The number of aromatic nitrogens is 3.